The van der Waals surface area contributed by atoms with Gasteiger partial charge in [0.15, 0.2) is 0 Å². The first-order valence-corrected chi connectivity index (χ1v) is 13.8. The summed E-state index contributed by atoms with van der Waals surface area (Å²) in [4.78, 5) is 32.9. The van der Waals surface area contributed by atoms with E-state index in [4.69, 9.17) is 0 Å². The van der Waals surface area contributed by atoms with E-state index in [9.17, 15) is 14.7 Å². The lowest BCUT2D eigenvalue weighted by atomic mass is 9.97. The summed E-state index contributed by atoms with van der Waals surface area (Å²) < 4.78 is 2.19. The summed E-state index contributed by atoms with van der Waals surface area (Å²) in [7, 11) is 0. The van der Waals surface area contributed by atoms with E-state index in [1.54, 1.807) is 35.6 Å². The number of aromatic nitrogens is 2. The molecule has 5 aromatic rings. The van der Waals surface area contributed by atoms with Crippen LogP contribution in [-0.2, 0) is 12.8 Å². The minimum atomic E-state index is -0.428. The molecule has 0 fully saturated rings. The lowest BCUT2D eigenvalue weighted by Gasteiger charge is -2.11. The Hall–Kier alpha value is -3.57. The quantitative estimate of drug-likeness (QED) is 0.156. The van der Waals surface area contributed by atoms with Gasteiger partial charge in [-0.1, -0.05) is 30.3 Å². The summed E-state index contributed by atoms with van der Waals surface area (Å²) >= 11 is 3.68. The number of aromatic hydroxyl groups is 1. The van der Waals surface area contributed by atoms with Crippen molar-refractivity contribution in [2.24, 2.45) is 5.10 Å². The Morgan fingerprint density at radius 1 is 1.14 bits per heavy atom. The highest BCUT2D eigenvalue weighted by Crippen LogP contribution is 2.34. The summed E-state index contributed by atoms with van der Waals surface area (Å²) in [6, 6.07) is 16.4. The first kappa shape index (κ1) is 23.8. The Morgan fingerprint density at radius 3 is 2.86 bits per heavy atom. The van der Waals surface area contributed by atoms with Crippen molar-refractivity contribution in [2.45, 2.75) is 25.7 Å². The molecule has 1 aliphatic carbocycles. The zero-order valence-electron chi connectivity index (χ0n) is 19.6. The van der Waals surface area contributed by atoms with Crippen LogP contribution in [0.15, 0.2) is 70.8 Å². The summed E-state index contributed by atoms with van der Waals surface area (Å²) in [5.74, 6) is -0.320. The minimum Gasteiger partial charge on any atom is -0.506 e. The number of hydrazone groups is 1. The van der Waals surface area contributed by atoms with Crippen LogP contribution in [0.5, 0.6) is 5.75 Å². The van der Waals surface area contributed by atoms with E-state index < -0.39 is 5.91 Å². The molecule has 9 heteroatoms. The third-order valence-electron chi connectivity index (χ3n) is 6.64. The molecule has 2 aromatic heterocycles. The zero-order valence-corrected chi connectivity index (χ0v) is 22.5. The molecule has 2 N–H and O–H groups in total. The van der Waals surface area contributed by atoms with Gasteiger partial charge in [0.1, 0.15) is 16.9 Å². The fourth-order valence-electron chi connectivity index (χ4n) is 4.81. The van der Waals surface area contributed by atoms with Crippen molar-refractivity contribution >= 4 is 67.0 Å². The smallest absolute Gasteiger partial charge is 0.271 e. The lowest BCUT2D eigenvalue weighted by molar-refractivity contribution is 0.0955. The molecule has 184 valence electrons. The van der Waals surface area contributed by atoms with Gasteiger partial charge in [0.2, 0.25) is 0 Å². The molecule has 0 radical (unpaired) electrons. The van der Waals surface area contributed by atoms with Gasteiger partial charge in [0.05, 0.1) is 20.9 Å². The number of halogens is 1. The number of fused-ring (bicyclic) bond motifs is 4. The highest BCUT2D eigenvalue weighted by Gasteiger charge is 2.20. The molecule has 0 aliphatic heterocycles. The molecule has 1 aliphatic rings. The van der Waals surface area contributed by atoms with Gasteiger partial charge < -0.3 is 5.11 Å². The molecule has 0 saturated heterocycles. The average Bonchev–Trinajstić information content (AvgIpc) is 3.30. The Morgan fingerprint density at radius 2 is 1.97 bits per heavy atom. The topological polar surface area (TPSA) is 96.6 Å². The molecule has 1 amide bonds. The first-order valence-electron chi connectivity index (χ1n) is 11.9. The highest BCUT2D eigenvalue weighted by atomic mass is 127. The molecule has 0 unspecified atom stereocenters. The number of aryl methyl sites for hydroxylation is 2. The van der Waals surface area contributed by atoms with E-state index in [1.165, 1.54) is 22.0 Å². The number of nitrogens with zero attached hydrogens (tertiary/aromatic N) is 3. The highest BCUT2D eigenvalue weighted by molar-refractivity contribution is 14.1. The first-order chi connectivity index (χ1) is 18.0. The molecular weight excluding hydrogens is 599 g/mol. The number of hydrogen-bond donors (Lipinski definition) is 2. The standard InChI is InChI=1S/C28H21IN4O3S/c29-22-13-16-6-1-2-9-19(16)21(25(22)34)14-31-32-26(35)17-7-5-8-18(12-17)33-15-30-27-24(28(33)36)20-10-3-4-11-23(20)37-27/h1-2,5-9,12-15,34H,3-4,10-11H2,(H,32,35)/b31-14+. The normalized spacial score (nSPS) is 13.3. The van der Waals surface area contributed by atoms with Crippen LogP contribution in [0, 0.1) is 3.57 Å². The van der Waals surface area contributed by atoms with Crippen LogP contribution in [0.2, 0.25) is 0 Å². The number of amides is 1. The van der Waals surface area contributed by atoms with E-state index in [2.05, 4.69) is 38.1 Å². The maximum atomic E-state index is 13.4. The van der Waals surface area contributed by atoms with Crippen molar-refractivity contribution in [3.8, 4) is 11.4 Å². The Bertz CT molecular complexity index is 1790. The number of thiophene rings is 1. The third kappa shape index (κ3) is 4.31. The van der Waals surface area contributed by atoms with Crippen molar-refractivity contribution in [3.63, 3.8) is 0 Å². The number of nitrogens with one attached hydrogen (secondary N) is 1. The van der Waals surface area contributed by atoms with Gasteiger partial charge in [-0.05, 0) is 88.9 Å². The molecule has 3 aromatic carbocycles. The largest absolute Gasteiger partial charge is 0.506 e. The number of rotatable bonds is 4. The predicted molar refractivity (Wildman–Crippen MR) is 155 cm³/mol. The van der Waals surface area contributed by atoms with Crippen LogP contribution in [0.4, 0.5) is 0 Å². The van der Waals surface area contributed by atoms with Crippen molar-refractivity contribution < 1.29 is 9.90 Å². The number of phenols is 1. The van der Waals surface area contributed by atoms with Crippen LogP contribution in [0.1, 0.15) is 39.2 Å². The maximum Gasteiger partial charge on any atom is 0.271 e. The number of hydrogen-bond acceptors (Lipinski definition) is 6. The van der Waals surface area contributed by atoms with E-state index in [0.29, 0.717) is 25.8 Å². The van der Waals surface area contributed by atoms with Crippen molar-refractivity contribution in [1.29, 1.82) is 0 Å². The van der Waals surface area contributed by atoms with E-state index in [1.807, 2.05) is 30.3 Å². The summed E-state index contributed by atoms with van der Waals surface area (Å²) in [5.41, 5.74) is 5.00. The fourth-order valence-corrected chi connectivity index (χ4v) is 6.65. The van der Waals surface area contributed by atoms with Crippen molar-refractivity contribution in [3.05, 3.63) is 96.4 Å². The SMILES string of the molecule is O=C(N/N=C/c1c(O)c(I)cc2ccccc12)c1cccc(-n2cnc3sc4c(c3c2=O)CCCC4)c1. The molecule has 37 heavy (non-hydrogen) atoms. The van der Waals surface area contributed by atoms with Gasteiger partial charge in [-0.25, -0.2) is 10.4 Å². The van der Waals surface area contributed by atoms with Crippen molar-refractivity contribution in [1.82, 2.24) is 15.0 Å². The molecule has 0 saturated carbocycles. The van der Waals surface area contributed by atoms with Crippen LogP contribution in [-0.4, -0.2) is 26.8 Å². The van der Waals surface area contributed by atoms with Crippen molar-refractivity contribution in [2.75, 3.05) is 0 Å². The van der Waals surface area contributed by atoms with E-state index in [0.717, 1.165) is 46.8 Å². The van der Waals surface area contributed by atoms with Crippen LogP contribution in [0.3, 0.4) is 0 Å². The number of carbonyl (C=O) groups is 1. The zero-order chi connectivity index (χ0) is 25.5. The van der Waals surface area contributed by atoms with E-state index in [-0.39, 0.29) is 11.3 Å². The van der Waals surface area contributed by atoms with Gasteiger partial charge in [0.25, 0.3) is 11.5 Å². The third-order valence-corrected chi connectivity index (χ3v) is 8.66. The monoisotopic (exact) mass is 620 g/mol. The molecule has 6 rings (SSSR count). The molecular formula is C28H21IN4O3S. The molecule has 0 atom stereocenters. The molecule has 0 bridgehead atoms. The second-order valence-corrected chi connectivity index (χ2v) is 11.1. The summed E-state index contributed by atoms with van der Waals surface area (Å²) in [6.45, 7) is 0. The molecule has 7 nitrogen and oxygen atoms in total. The van der Waals surface area contributed by atoms with Crippen LogP contribution >= 0.6 is 33.9 Å². The lowest BCUT2D eigenvalue weighted by Crippen LogP contribution is -2.21. The molecule has 0 spiro atoms. The van der Waals surface area contributed by atoms with E-state index >= 15 is 0 Å². The summed E-state index contributed by atoms with van der Waals surface area (Å²) in [5, 5.41) is 17.2. The fraction of sp³-hybridized carbons (Fsp3) is 0.143. The second kappa shape index (κ2) is 9.71. The second-order valence-electron chi connectivity index (χ2n) is 8.90. The average molecular weight is 620 g/mol. The minimum absolute atomic E-state index is 0.109. The number of carbonyl (C=O) groups excluding carboxylic acids is 1. The number of phenolic OH excluding ortho intramolecular Hbond substituents is 1. The van der Waals surface area contributed by atoms with Gasteiger partial charge in [0, 0.05) is 16.0 Å². The predicted octanol–water partition coefficient (Wildman–Crippen LogP) is 5.55. The van der Waals surface area contributed by atoms with Crippen LogP contribution < -0.4 is 11.0 Å². The van der Waals surface area contributed by atoms with Gasteiger partial charge in [-0.15, -0.1) is 11.3 Å². The van der Waals surface area contributed by atoms with Gasteiger partial charge in [-0.3, -0.25) is 14.2 Å². The van der Waals surface area contributed by atoms with Gasteiger partial charge >= 0.3 is 0 Å². The Kier molecular flexibility index (Phi) is 6.25. The Balaban J connectivity index is 1.29. The van der Waals surface area contributed by atoms with Gasteiger partial charge in [-0.2, -0.15) is 5.10 Å². The summed E-state index contributed by atoms with van der Waals surface area (Å²) in [6.07, 6.45) is 7.12. The van der Waals surface area contributed by atoms with Crippen LogP contribution in [0.25, 0.3) is 26.7 Å². The molecule has 2 heterocycles. The number of benzene rings is 3. The Labute approximate surface area is 229 Å². The maximum absolute atomic E-state index is 13.4.